The summed E-state index contributed by atoms with van der Waals surface area (Å²) in [6, 6.07) is 12.3. The molecule has 3 atom stereocenters. The molecule has 1 aromatic carbocycles. The molecule has 0 unspecified atom stereocenters. The second-order valence-corrected chi connectivity index (χ2v) is 13.7. The van der Waals surface area contributed by atoms with Crippen molar-refractivity contribution in [2.45, 2.75) is 81.9 Å². The fourth-order valence-corrected chi connectivity index (χ4v) is 7.58. The van der Waals surface area contributed by atoms with Crippen LogP contribution in [0.5, 0.6) is 0 Å². The normalized spacial score (nSPS) is 20.4. The zero-order chi connectivity index (χ0) is 32.1. The molecule has 2 fully saturated rings. The molecule has 2 amide bonds. The Morgan fingerprint density at radius 1 is 1.00 bits per heavy atom. The number of Topliss-reactive ketones (excluding diaryl/α,β-unsaturated/α-hetero) is 2. The maximum absolute atomic E-state index is 13.6. The molecular weight excluding hydrogens is 596 g/mol. The summed E-state index contributed by atoms with van der Waals surface area (Å²) in [5.74, 6) is -0.821. The van der Waals surface area contributed by atoms with Gasteiger partial charge in [0.1, 0.15) is 11.8 Å². The minimum atomic E-state index is -4.02. The van der Waals surface area contributed by atoms with Crippen LogP contribution in [0.3, 0.4) is 0 Å². The molecule has 3 aromatic rings. The Bertz CT molecular complexity index is 1650. The summed E-state index contributed by atoms with van der Waals surface area (Å²) in [7, 11) is -4.02. The molecular formula is C33H38N4O7S. The van der Waals surface area contributed by atoms with Crippen molar-refractivity contribution in [3.63, 3.8) is 0 Å². The standard InChI is InChI=1S/C33H38N4O7S/c1-21-10-15-26(28(39)20-37(21)45(42,43)31-9-5-6-18-34-31)35-32(40)27(19-23-7-3-4-8-23)36-33(41)30-17-16-29(44-30)25-13-11-24(12-14-25)22(2)38/h5-6,9,11-14,16-18,21,23,26-27H,3-4,7-8,10,15,19-20H2,1-2H3,(H,35,40)(H,36,41)/t21-,26+,27+/m1/s1. The average molecular weight is 635 g/mol. The van der Waals surface area contributed by atoms with Crippen molar-refractivity contribution in [1.82, 2.24) is 19.9 Å². The van der Waals surface area contributed by atoms with Gasteiger partial charge < -0.3 is 15.1 Å². The van der Waals surface area contributed by atoms with Gasteiger partial charge in [-0.2, -0.15) is 4.31 Å². The highest BCUT2D eigenvalue weighted by molar-refractivity contribution is 7.89. The minimum absolute atomic E-state index is 0.0274. The molecule has 5 rings (SSSR count). The summed E-state index contributed by atoms with van der Waals surface area (Å²) in [6.07, 6.45) is 6.40. The SMILES string of the molecule is CC(=O)c1ccc(-c2ccc(C(=O)N[C@@H](CC3CCCC3)C(=O)N[C@H]3CC[C@@H](C)N(S(=O)(=O)c4ccccn4)CC3=O)o2)cc1. The molecule has 1 saturated carbocycles. The molecule has 1 aliphatic carbocycles. The van der Waals surface area contributed by atoms with Gasteiger partial charge in [-0.25, -0.2) is 13.4 Å². The highest BCUT2D eigenvalue weighted by Crippen LogP contribution is 2.29. The van der Waals surface area contributed by atoms with Gasteiger partial charge >= 0.3 is 0 Å². The average Bonchev–Trinajstić information content (AvgIpc) is 3.72. The van der Waals surface area contributed by atoms with Crippen LogP contribution in [0.25, 0.3) is 11.3 Å². The number of ketones is 2. The van der Waals surface area contributed by atoms with Gasteiger partial charge in [0.05, 0.1) is 12.6 Å². The molecule has 45 heavy (non-hydrogen) atoms. The van der Waals surface area contributed by atoms with Crippen molar-refractivity contribution in [2.24, 2.45) is 5.92 Å². The molecule has 1 saturated heterocycles. The van der Waals surface area contributed by atoms with Crippen LogP contribution in [-0.4, -0.2) is 65.8 Å². The van der Waals surface area contributed by atoms with Crippen LogP contribution >= 0.6 is 0 Å². The molecule has 12 heteroatoms. The largest absolute Gasteiger partial charge is 0.451 e. The number of hydrogen-bond donors (Lipinski definition) is 2. The highest BCUT2D eigenvalue weighted by Gasteiger charge is 2.38. The van der Waals surface area contributed by atoms with Crippen molar-refractivity contribution in [3.05, 3.63) is 72.1 Å². The fraction of sp³-hybridized carbons (Fsp3) is 0.424. The zero-order valence-corrected chi connectivity index (χ0v) is 26.2. The van der Waals surface area contributed by atoms with Crippen LogP contribution in [0.4, 0.5) is 0 Å². The molecule has 2 aromatic heterocycles. The number of rotatable bonds is 10. The Kier molecular flexibility index (Phi) is 9.93. The zero-order valence-electron chi connectivity index (χ0n) is 25.4. The predicted molar refractivity (Wildman–Crippen MR) is 166 cm³/mol. The molecule has 238 valence electrons. The highest BCUT2D eigenvalue weighted by atomic mass is 32.2. The Balaban J connectivity index is 1.28. The maximum atomic E-state index is 13.6. The molecule has 0 spiro atoms. The Morgan fingerprint density at radius 2 is 1.73 bits per heavy atom. The third kappa shape index (κ3) is 7.56. The van der Waals surface area contributed by atoms with Gasteiger partial charge in [0.2, 0.25) is 5.91 Å². The van der Waals surface area contributed by atoms with E-state index in [0.717, 1.165) is 30.0 Å². The van der Waals surface area contributed by atoms with E-state index in [0.29, 0.717) is 29.7 Å². The van der Waals surface area contributed by atoms with E-state index in [1.54, 1.807) is 49.4 Å². The van der Waals surface area contributed by atoms with E-state index < -0.39 is 52.3 Å². The van der Waals surface area contributed by atoms with E-state index in [1.807, 2.05) is 0 Å². The summed E-state index contributed by atoms with van der Waals surface area (Å²) in [5, 5.41) is 5.50. The number of amides is 2. The van der Waals surface area contributed by atoms with Crippen LogP contribution in [-0.2, 0) is 19.6 Å². The number of sulfonamides is 1. The number of carbonyl (C=O) groups excluding carboxylic acids is 4. The van der Waals surface area contributed by atoms with Crippen molar-refractivity contribution in [1.29, 1.82) is 0 Å². The molecule has 11 nitrogen and oxygen atoms in total. The van der Waals surface area contributed by atoms with Crippen LogP contribution in [0.1, 0.15) is 79.7 Å². The maximum Gasteiger partial charge on any atom is 0.287 e. The Morgan fingerprint density at radius 3 is 2.40 bits per heavy atom. The van der Waals surface area contributed by atoms with Gasteiger partial charge in [0.15, 0.2) is 22.4 Å². The van der Waals surface area contributed by atoms with Crippen molar-refractivity contribution in [3.8, 4) is 11.3 Å². The summed E-state index contributed by atoms with van der Waals surface area (Å²) in [4.78, 5) is 55.8. The fourth-order valence-electron chi connectivity index (χ4n) is 6.02. The number of pyridine rings is 1. The van der Waals surface area contributed by atoms with E-state index in [-0.39, 0.29) is 28.9 Å². The Labute approximate surface area is 262 Å². The third-order valence-electron chi connectivity index (χ3n) is 8.66. The molecule has 3 heterocycles. The first-order chi connectivity index (χ1) is 21.5. The lowest BCUT2D eigenvalue weighted by Crippen LogP contribution is -2.52. The number of furan rings is 1. The molecule has 2 aliphatic rings. The summed E-state index contributed by atoms with van der Waals surface area (Å²) >= 11 is 0. The topological polar surface area (TPSA) is 156 Å². The number of nitrogens with one attached hydrogen (secondary N) is 2. The van der Waals surface area contributed by atoms with Gasteiger partial charge in [-0.15, -0.1) is 0 Å². The van der Waals surface area contributed by atoms with Crippen molar-refractivity contribution < 1.29 is 32.0 Å². The molecule has 0 bridgehead atoms. The van der Waals surface area contributed by atoms with Crippen molar-refractivity contribution in [2.75, 3.05) is 6.54 Å². The number of aromatic nitrogens is 1. The van der Waals surface area contributed by atoms with Crippen LogP contribution < -0.4 is 10.6 Å². The van der Waals surface area contributed by atoms with Gasteiger partial charge in [0, 0.05) is 23.4 Å². The lowest BCUT2D eigenvalue weighted by molar-refractivity contribution is -0.129. The first kappa shape index (κ1) is 32.2. The quantitative estimate of drug-likeness (QED) is 0.315. The third-order valence-corrected chi connectivity index (χ3v) is 10.5. The Hall–Kier alpha value is -4.16. The van der Waals surface area contributed by atoms with Crippen LogP contribution in [0.2, 0.25) is 0 Å². The minimum Gasteiger partial charge on any atom is -0.451 e. The smallest absolute Gasteiger partial charge is 0.287 e. The first-order valence-electron chi connectivity index (χ1n) is 15.3. The van der Waals surface area contributed by atoms with Gasteiger partial charge in [0.25, 0.3) is 15.9 Å². The van der Waals surface area contributed by atoms with Crippen LogP contribution in [0.15, 0.2) is 70.2 Å². The van der Waals surface area contributed by atoms with Crippen LogP contribution in [0, 0.1) is 5.92 Å². The summed E-state index contributed by atoms with van der Waals surface area (Å²) in [5.41, 5.74) is 1.26. The lowest BCUT2D eigenvalue weighted by atomic mass is 9.97. The van der Waals surface area contributed by atoms with E-state index in [4.69, 9.17) is 4.42 Å². The van der Waals surface area contributed by atoms with Crippen molar-refractivity contribution >= 4 is 33.4 Å². The second kappa shape index (κ2) is 13.9. The number of benzene rings is 1. The van der Waals surface area contributed by atoms with Gasteiger partial charge in [-0.05, 0) is 63.3 Å². The monoisotopic (exact) mass is 634 g/mol. The summed E-state index contributed by atoms with van der Waals surface area (Å²) in [6.45, 7) is 2.82. The van der Waals surface area contributed by atoms with Gasteiger partial charge in [-0.3, -0.25) is 19.2 Å². The molecule has 0 radical (unpaired) electrons. The number of carbonyl (C=O) groups is 4. The van der Waals surface area contributed by atoms with E-state index in [1.165, 1.54) is 25.3 Å². The van der Waals surface area contributed by atoms with Gasteiger partial charge in [-0.1, -0.05) is 56.0 Å². The first-order valence-corrected chi connectivity index (χ1v) is 16.7. The number of nitrogens with zero attached hydrogens (tertiary/aromatic N) is 2. The van der Waals surface area contributed by atoms with E-state index in [2.05, 4.69) is 15.6 Å². The van der Waals surface area contributed by atoms with E-state index >= 15 is 0 Å². The molecule has 1 aliphatic heterocycles. The summed E-state index contributed by atoms with van der Waals surface area (Å²) < 4.78 is 33.5. The predicted octanol–water partition coefficient (Wildman–Crippen LogP) is 4.15. The second-order valence-electron chi connectivity index (χ2n) is 11.9. The number of hydrogen-bond acceptors (Lipinski definition) is 8. The van der Waals surface area contributed by atoms with E-state index in [9.17, 15) is 27.6 Å². The lowest BCUT2D eigenvalue weighted by Gasteiger charge is -2.25. The molecule has 2 N–H and O–H groups in total.